The molecule has 2 N–H and O–H groups in total. The first kappa shape index (κ1) is 24.7. The molecule has 0 aliphatic rings. The Balaban J connectivity index is 1.60. The number of carboxylic acids is 1. The first-order valence-electron chi connectivity index (χ1n) is 10.3. The highest BCUT2D eigenvalue weighted by Gasteiger charge is 2.35. The number of pyridine rings is 1. The molecule has 36 heavy (non-hydrogen) atoms. The molecule has 0 saturated carbocycles. The Morgan fingerprint density at radius 3 is 2.39 bits per heavy atom. The van der Waals surface area contributed by atoms with E-state index >= 15 is 0 Å². The predicted octanol–water partition coefficient (Wildman–Crippen LogP) is 5.59. The number of hydrogen-bond acceptors (Lipinski definition) is 6. The van der Waals surface area contributed by atoms with Crippen LogP contribution >= 0.6 is 11.6 Å². The molecule has 0 aliphatic heterocycles. The third-order valence-corrected chi connectivity index (χ3v) is 5.13. The lowest BCUT2D eigenvalue weighted by molar-refractivity contribution is -0.139. The fourth-order valence-corrected chi connectivity index (χ4v) is 3.28. The molecule has 0 aliphatic carbocycles. The maximum absolute atomic E-state index is 13.3. The number of hydrogen-bond donors (Lipinski definition) is 2. The summed E-state index contributed by atoms with van der Waals surface area (Å²) >= 11 is 5.87. The summed E-state index contributed by atoms with van der Waals surface area (Å²) in [4.78, 5) is 31.5. The van der Waals surface area contributed by atoms with Gasteiger partial charge in [-0.2, -0.15) is 13.2 Å². The molecule has 4 aromatic rings. The first-order valence-corrected chi connectivity index (χ1v) is 10.6. The molecule has 0 radical (unpaired) electrons. The highest BCUT2D eigenvalue weighted by Crippen LogP contribution is 2.28. The summed E-state index contributed by atoms with van der Waals surface area (Å²) in [6, 6.07) is 16.8. The highest BCUT2D eigenvalue weighted by molar-refractivity contribution is 6.30. The summed E-state index contributed by atoms with van der Waals surface area (Å²) < 4.78 is 46.4. The summed E-state index contributed by atoms with van der Waals surface area (Å²) in [6.45, 7) is -0.179. The molecule has 0 amide bonds. The van der Waals surface area contributed by atoms with Gasteiger partial charge >= 0.3 is 12.1 Å². The van der Waals surface area contributed by atoms with Gasteiger partial charge in [0.2, 0.25) is 11.8 Å². The number of halogens is 4. The lowest BCUT2D eigenvalue weighted by Crippen LogP contribution is -2.31. The third kappa shape index (κ3) is 5.81. The van der Waals surface area contributed by atoms with E-state index < -0.39 is 23.3 Å². The van der Waals surface area contributed by atoms with E-state index in [4.69, 9.17) is 21.4 Å². The molecule has 0 unspecified atom stereocenters. The Bertz CT molecular complexity index is 1460. The van der Waals surface area contributed by atoms with E-state index in [0.29, 0.717) is 28.2 Å². The van der Waals surface area contributed by atoms with E-state index in [-0.39, 0.29) is 24.1 Å². The molecular formula is C24H16ClF3N4O4. The zero-order chi connectivity index (χ0) is 25.9. The van der Waals surface area contributed by atoms with Gasteiger partial charge < -0.3 is 15.2 Å². The van der Waals surface area contributed by atoms with E-state index in [1.807, 2.05) is 0 Å². The molecule has 2 heterocycles. The Kier molecular flexibility index (Phi) is 6.93. The molecule has 0 spiro atoms. The number of rotatable bonds is 7. The maximum Gasteiger partial charge on any atom is 0.423 e. The topological polar surface area (TPSA) is 106 Å². The van der Waals surface area contributed by atoms with Crippen molar-refractivity contribution in [2.75, 3.05) is 5.32 Å². The van der Waals surface area contributed by atoms with Crippen molar-refractivity contribution in [3.8, 4) is 11.6 Å². The van der Waals surface area contributed by atoms with E-state index in [1.54, 1.807) is 36.4 Å². The van der Waals surface area contributed by atoms with Crippen LogP contribution in [0, 0.1) is 0 Å². The van der Waals surface area contributed by atoms with Crippen molar-refractivity contribution >= 4 is 29.2 Å². The van der Waals surface area contributed by atoms with Gasteiger partial charge in [-0.3, -0.25) is 9.36 Å². The Labute approximate surface area is 206 Å². The molecule has 2 aromatic heterocycles. The van der Waals surface area contributed by atoms with Gasteiger partial charge in [0.15, 0.2) is 5.69 Å². The van der Waals surface area contributed by atoms with Gasteiger partial charge in [0.25, 0.3) is 5.56 Å². The van der Waals surface area contributed by atoms with Crippen LogP contribution in [-0.2, 0) is 12.7 Å². The molecule has 0 atom stereocenters. The molecule has 0 bridgehead atoms. The summed E-state index contributed by atoms with van der Waals surface area (Å²) in [5.74, 6) is -0.910. The molecule has 4 rings (SSSR count). The quantitative estimate of drug-likeness (QED) is 0.329. The maximum atomic E-state index is 13.3. The van der Waals surface area contributed by atoms with Crippen molar-refractivity contribution in [3.63, 3.8) is 0 Å². The number of aromatic carboxylic acids is 1. The standard InChI is InChI=1S/C24H16ClF3N4O4/c25-15-6-4-14(5-7-15)13-32-21(33)18(24(26,27)28)12-29-23(32)30-16-8-10-17(11-9-16)36-20-3-1-2-19(31-20)22(34)35/h1-12H,13H2,(H,29,30)(H,34,35). The molecule has 184 valence electrons. The van der Waals surface area contributed by atoms with Gasteiger partial charge in [-0.15, -0.1) is 0 Å². The van der Waals surface area contributed by atoms with E-state index in [9.17, 15) is 22.8 Å². The summed E-state index contributed by atoms with van der Waals surface area (Å²) in [5, 5.41) is 12.3. The zero-order valence-corrected chi connectivity index (χ0v) is 18.9. The van der Waals surface area contributed by atoms with Gasteiger partial charge in [0.05, 0.1) is 6.54 Å². The highest BCUT2D eigenvalue weighted by atomic mass is 35.5. The number of carbonyl (C=O) groups is 1. The van der Waals surface area contributed by atoms with Crippen molar-refractivity contribution in [1.29, 1.82) is 0 Å². The van der Waals surface area contributed by atoms with E-state index in [2.05, 4.69) is 15.3 Å². The van der Waals surface area contributed by atoms with Crippen LogP contribution in [0.5, 0.6) is 11.6 Å². The van der Waals surface area contributed by atoms with Crippen LogP contribution in [0.3, 0.4) is 0 Å². The second kappa shape index (κ2) is 10.1. The molecule has 2 aromatic carbocycles. The first-order chi connectivity index (χ1) is 17.1. The molecule has 0 fully saturated rings. The monoisotopic (exact) mass is 516 g/mol. The zero-order valence-electron chi connectivity index (χ0n) is 18.2. The van der Waals surface area contributed by atoms with Crippen LogP contribution < -0.4 is 15.6 Å². The third-order valence-electron chi connectivity index (χ3n) is 4.88. The second-order valence-electron chi connectivity index (χ2n) is 7.43. The number of aromatic nitrogens is 3. The van der Waals surface area contributed by atoms with Crippen LogP contribution in [0.2, 0.25) is 5.02 Å². The lowest BCUT2D eigenvalue weighted by atomic mass is 10.2. The molecule has 8 nitrogen and oxygen atoms in total. The average Bonchev–Trinajstić information content (AvgIpc) is 2.83. The number of anilines is 2. The largest absolute Gasteiger partial charge is 0.477 e. The minimum atomic E-state index is -4.87. The smallest absolute Gasteiger partial charge is 0.423 e. The average molecular weight is 517 g/mol. The van der Waals surface area contributed by atoms with Crippen LogP contribution in [0.1, 0.15) is 21.6 Å². The Morgan fingerprint density at radius 2 is 1.75 bits per heavy atom. The number of alkyl halides is 3. The van der Waals surface area contributed by atoms with Gasteiger partial charge in [0, 0.05) is 23.0 Å². The molecule has 12 heteroatoms. The minimum absolute atomic E-state index is 0.0665. The fourth-order valence-electron chi connectivity index (χ4n) is 3.15. The summed E-state index contributed by atoms with van der Waals surface area (Å²) in [5.41, 5.74) is -1.87. The summed E-state index contributed by atoms with van der Waals surface area (Å²) in [6.07, 6.45) is -4.38. The number of carboxylic acid groups (broad SMARTS) is 1. The minimum Gasteiger partial charge on any atom is -0.477 e. The molecule has 0 saturated heterocycles. The number of benzene rings is 2. The van der Waals surface area contributed by atoms with Crippen molar-refractivity contribution in [2.45, 2.75) is 12.7 Å². The van der Waals surface area contributed by atoms with Crippen molar-refractivity contribution in [3.05, 3.63) is 105 Å². The Hall–Kier alpha value is -4.38. The molecular weight excluding hydrogens is 501 g/mol. The van der Waals surface area contributed by atoms with Crippen LogP contribution in [-0.4, -0.2) is 25.6 Å². The van der Waals surface area contributed by atoms with Crippen molar-refractivity contribution in [1.82, 2.24) is 14.5 Å². The van der Waals surface area contributed by atoms with Crippen LogP contribution in [0.25, 0.3) is 0 Å². The number of ether oxygens (including phenoxy) is 1. The summed E-state index contributed by atoms with van der Waals surface area (Å²) in [7, 11) is 0. The van der Waals surface area contributed by atoms with Crippen LogP contribution in [0.4, 0.5) is 24.8 Å². The van der Waals surface area contributed by atoms with Gasteiger partial charge in [-0.1, -0.05) is 29.8 Å². The normalized spacial score (nSPS) is 11.2. The number of nitrogens with zero attached hydrogens (tertiary/aromatic N) is 3. The number of nitrogens with one attached hydrogen (secondary N) is 1. The van der Waals surface area contributed by atoms with E-state index in [1.165, 1.54) is 30.3 Å². The predicted molar refractivity (Wildman–Crippen MR) is 125 cm³/mol. The Morgan fingerprint density at radius 1 is 1.06 bits per heavy atom. The second-order valence-corrected chi connectivity index (χ2v) is 7.87. The lowest BCUT2D eigenvalue weighted by Gasteiger charge is -2.16. The fraction of sp³-hybridized carbons (Fsp3) is 0.0833. The van der Waals surface area contributed by atoms with Gasteiger partial charge in [-0.05, 0) is 48.0 Å². The van der Waals surface area contributed by atoms with Gasteiger partial charge in [0.1, 0.15) is 11.3 Å². The van der Waals surface area contributed by atoms with E-state index in [0.717, 1.165) is 4.57 Å². The SMILES string of the molecule is O=C(O)c1cccc(Oc2ccc(Nc3ncc(C(F)(F)F)c(=O)n3Cc3ccc(Cl)cc3)cc2)n1. The van der Waals surface area contributed by atoms with Crippen molar-refractivity contribution in [2.24, 2.45) is 0 Å². The van der Waals surface area contributed by atoms with Crippen LogP contribution in [0.15, 0.2) is 77.7 Å². The van der Waals surface area contributed by atoms with Crippen molar-refractivity contribution < 1.29 is 27.8 Å². The van der Waals surface area contributed by atoms with Gasteiger partial charge in [-0.25, -0.2) is 14.8 Å².